The van der Waals surface area contributed by atoms with Crippen molar-refractivity contribution in [3.63, 3.8) is 0 Å². The van der Waals surface area contributed by atoms with E-state index in [0.717, 1.165) is 18.1 Å². The summed E-state index contributed by atoms with van der Waals surface area (Å²) in [7, 11) is 0. The Hall–Kier alpha value is -1.75. The molecule has 1 aromatic carbocycles. The van der Waals surface area contributed by atoms with E-state index in [2.05, 4.69) is 55.3 Å². The first-order chi connectivity index (χ1) is 11.1. The highest BCUT2D eigenvalue weighted by Crippen LogP contribution is 2.16. The Morgan fingerprint density at radius 2 is 2.04 bits per heavy atom. The number of rotatable bonds is 8. The Kier molecular flexibility index (Phi) is 6.71. The Morgan fingerprint density at radius 3 is 2.70 bits per heavy atom. The molecule has 0 bridgehead atoms. The topological polar surface area (TPSA) is 46.9 Å². The van der Waals surface area contributed by atoms with Crippen molar-refractivity contribution in [2.24, 2.45) is 0 Å². The van der Waals surface area contributed by atoms with Crippen LogP contribution < -0.4 is 5.32 Å². The first-order valence-corrected chi connectivity index (χ1v) is 9.08. The predicted octanol–water partition coefficient (Wildman–Crippen LogP) is 3.48. The average molecular weight is 331 g/mol. The minimum absolute atomic E-state index is 0.0550. The smallest absolute Gasteiger partial charge is 0.230 e. The predicted molar refractivity (Wildman–Crippen MR) is 95.9 cm³/mol. The van der Waals surface area contributed by atoms with Crippen LogP contribution in [0.2, 0.25) is 0 Å². The van der Waals surface area contributed by atoms with E-state index in [9.17, 15) is 4.79 Å². The zero-order valence-electron chi connectivity index (χ0n) is 14.1. The van der Waals surface area contributed by atoms with Crippen LogP contribution in [-0.2, 0) is 17.8 Å². The third-order valence-corrected chi connectivity index (χ3v) is 4.74. The number of nitrogens with one attached hydrogen (secondary N) is 1. The molecule has 2 aromatic rings. The lowest BCUT2D eigenvalue weighted by atomic mass is 10.0. The number of imidazole rings is 1. The molecule has 1 heterocycles. The fourth-order valence-corrected chi connectivity index (χ4v) is 3.13. The molecule has 0 saturated carbocycles. The van der Waals surface area contributed by atoms with Crippen molar-refractivity contribution in [3.05, 3.63) is 47.8 Å². The van der Waals surface area contributed by atoms with Crippen molar-refractivity contribution in [1.29, 1.82) is 0 Å². The zero-order valence-corrected chi connectivity index (χ0v) is 14.9. The average Bonchev–Trinajstić information content (AvgIpc) is 3.01. The van der Waals surface area contributed by atoms with Gasteiger partial charge in [0.2, 0.25) is 5.91 Å². The highest BCUT2D eigenvalue weighted by Gasteiger charge is 2.06. The molecule has 0 spiro atoms. The maximum absolute atomic E-state index is 11.9. The van der Waals surface area contributed by atoms with Gasteiger partial charge in [-0.1, -0.05) is 49.9 Å². The summed E-state index contributed by atoms with van der Waals surface area (Å²) in [5.41, 5.74) is 2.60. The van der Waals surface area contributed by atoms with Gasteiger partial charge in [0, 0.05) is 25.5 Å². The molecule has 0 atom stereocenters. The highest BCUT2D eigenvalue weighted by molar-refractivity contribution is 7.99. The fourth-order valence-electron chi connectivity index (χ4n) is 2.27. The number of amides is 1. The quantitative estimate of drug-likeness (QED) is 0.753. The Bertz CT molecular complexity index is 619. The van der Waals surface area contributed by atoms with Crippen LogP contribution in [0.3, 0.4) is 0 Å². The van der Waals surface area contributed by atoms with E-state index >= 15 is 0 Å². The minimum Gasteiger partial charge on any atom is -0.355 e. The van der Waals surface area contributed by atoms with E-state index in [0.29, 0.717) is 18.2 Å². The molecule has 1 N–H and O–H groups in total. The van der Waals surface area contributed by atoms with Crippen LogP contribution in [0.5, 0.6) is 0 Å². The summed E-state index contributed by atoms with van der Waals surface area (Å²) in [4.78, 5) is 16.2. The molecular weight excluding hydrogens is 306 g/mol. The number of benzene rings is 1. The molecule has 5 heteroatoms. The van der Waals surface area contributed by atoms with Gasteiger partial charge in [-0.15, -0.1) is 0 Å². The van der Waals surface area contributed by atoms with Crippen molar-refractivity contribution in [3.8, 4) is 0 Å². The number of carbonyl (C=O) groups excluding carboxylic acids is 1. The van der Waals surface area contributed by atoms with Gasteiger partial charge in [0.25, 0.3) is 0 Å². The molecule has 0 aliphatic rings. The summed E-state index contributed by atoms with van der Waals surface area (Å²) < 4.78 is 2.04. The Labute approximate surface area is 142 Å². The van der Waals surface area contributed by atoms with Crippen molar-refractivity contribution < 1.29 is 4.79 Å². The lowest BCUT2D eigenvalue weighted by Crippen LogP contribution is -2.27. The summed E-state index contributed by atoms with van der Waals surface area (Å²) >= 11 is 1.48. The molecule has 0 saturated heterocycles. The van der Waals surface area contributed by atoms with E-state index in [1.807, 2.05) is 10.8 Å². The van der Waals surface area contributed by atoms with Gasteiger partial charge in [-0.05, 0) is 30.4 Å². The minimum atomic E-state index is 0.0550. The van der Waals surface area contributed by atoms with Gasteiger partial charge < -0.3 is 9.88 Å². The molecule has 0 aliphatic carbocycles. The molecule has 4 nitrogen and oxygen atoms in total. The zero-order chi connectivity index (χ0) is 16.7. The number of hydrogen-bond acceptors (Lipinski definition) is 3. The number of aromatic nitrogens is 2. The second kappa shape index (κ2) is 8.77. The fraction of sp³-hybridized carbons (Fsp3) is 0.444. The second-order valence-corrected chi connectivity index (χ2v) is 6.72. The van der Waals surface area contributed by atoms with E-state index in [-0.39, 0.29) is 5.91 Å². The molecule has 124 valence electrons. The van der Waals surface area contributed by atoms with Gasteiger partial charge in [-0.25, -0.2) is 4.98 Å². The van der Waals surface area contributed by atoms with Crippen LogP contribution >= 0.6 is 11.8 Å². The highest BCUT2D eigenvalue weighted by atomic mass is 32.2. The first kappa shape index (κ1) is 17.6. The molecule has 0 aliphatic heterocycles. The van der Waals surface area contributed by atoms with Crippen LogP contribution in [0.25, 0.3) is 0 Å². The van der Waals surface area contributed by atoms with Crippen molar-refractivity contribution in [1.82, 2.24) is 14.9 Å². The summed E-state index contributed by atoms with van der Waals surface area (Å²) in [5.74, 6) is 1.01. The number of aryl methyl sites for hydroxylation is 1. The van der Waals surface area contributed by atoms with Gasteiger partial charge in [-0.3, -0.25) is 4.79 Å². The van der Waals surface area contributed by atoms with Crippen LogP contribution in [-0.4, -0.2) is 27.8 Å². The molecule has 2 rings (SSSR count). The lowest BCUT2D eigenvalue weighted by molar-refractivity contribution is -0.118. The molecule has 1 amide bonds. The molecule has 0 fully saturated rings. The maximum atomic E-state index is 11.9. The lowest BCUT2D eigenvalue weighted by Gasteiger charge is -2.08. The van der Waals surface area contributed by atoms with Crippen LogP contribution in [0, 0.1) is 0 Å². The first-order valence-electron chi connectivity index (χ1n) is 8.09. The maximum Gasteiger partial charge on any atom is 0.230 e. The van der Waals surface area contributed by atoms with Crippen molar-refractivity contribution in [2.75, 3.05) is 12.3 Å². The van der Waals surface area contributed by atoms with E-state index in [4.69, 9.17) is 0 Å². The normalized spacial score (nSPS) is 11.0. The van der Waals surface area contributed by atoms with Gasteiger partial charge in [0.05, 0.1) is 5.75 Å². The van der Waals surface area contributed by atoms with Gasteiger partial charge in [-0.2, -0.15) is 0 Å². The SMILES string of the molecule is CCn1ccnc1SCC(=O)NCCc1ccc(C(C)C)cc1. The molecule has 0 unspecified atom stereocenters. The molecular formula is C18H25N3OS. The third kappa shape index (κ3) is 5.43. The number of carbonyl (C=O) groups is 1. The summed E-state index contributed by atoms with van der Waals surface area (Å²) in [6, 6.07) is 8.63. The number of hydrogen-bond donors (Lipinski definition) is 1. The van der Waals surface area contributed by atoms with E-state index < -0.39 is 0 Å². The summed E-state index contributed by atoms with van der Waals surface area (Å²) in [5, 5.41) is 3.87. The van der Waals surface area contributed by atoms with E-state index in [1.54, 1.807) is 6.20 Å². The van der Waals surface area contributed by atoms with Crippen LogP contribution in [0.1, 0.15) is 37.8 Å². The molecule has 0 radical (unpaired) electrons. The van der Waals surface area contributed by atoms with Crippen molar-refractivity contribution in [2.45, 2.75) is 44.8 Å². The van der Waals surface area contributed by atoms with Gasteiger partial charge >= 0.3 is 0 Å². The standard InChI is InChI=1S/C18H25N3OS/c1-4-21-12-11-20-18(21)23-13-17(22)19-10-9-15-5-7-16(8-6-15)14(2)3/h5-8,11-12,14H,4,9-10,13H2,1-3H3,(H,19,22). The number of nitrogens with zero attached hydrogens (tertiary/aromatic N) is 2. The monoisotopic (exact) mass is 331 g/mol. The molecule has 1 aromatic heterocycles. The Morgan fingerprint density at radius 1 is 1.30 bits per heavy atom. The Balaban J connectivity index is 1.70. The second-order valence-electron chi connectivity index (χ2n) is 5.78. The van der Waals surface area contributed by atoms with Crippen LogP contribution in [0.4, 0.5) is 0 Å². The molecule has 23 heavy (non-hydrogen) atoms. The van der Waals surface area contributed by atoms with Crippen molar-refractivity contribution >= 4 is 17.7 Å². The van der Waals surface area contributed by atoms with Crippen LogP contribution in [0.15, 0.2) is 41.8 Å². The summed E-state index contributed by atoms with van der Waals surface area (Å²) in [6.45, 7) is 7.99. The number of thioether (sulfide) groups is 1. The third-order valence-electron chi connectivity index (χ3n) is 3.73. The van der Waals surface area contributed by atoms with E-state index in [1.165, 1.54) is 22.9 Å². The summed E-state index contributed by atoms with van der Waals surface area (Å²) in [6.07, 6.45) is 4.56. The van der Waals surface area contributed by atoms with Gasteiger partial charge in [0.1, 0.15) is 0 Å². The largest absolute Gasteiger partial charge is 0.355 e. The van der Waals surface area contributed by atoms with Gasteiger partial charge in [0.15, 0.2) is 5.16 Å².